The third-order valence-electron chi connectivity index (χ3n) is 8.02. The number of amides is 1. The van der Waals surface area contributed by atoms with Crippen LogP contribution in [-0.4, -0.2) is 38.2 Å². The molecule has 1 amide bonds. The van der Waals surface area contributed by atoms with E-state index in [1.807, 2.05) is 0 Å². The highest BCUT2D eigenvalue weighted by atomic mass is 19.1. The van der Waals surface area contributed by atoms with E-state index in [4.69, 9.17) is 9.72 Å². The molecule has 38 heavy (non-hydrogen) atoms. The zero-order valence-corrected chi connectivity index (χ0v) is 21.1. The molecule has 9 nitrogen and oxygen atoms in total. The van der Waals surface area contributed by atoms with Gasteiger partial charge < -0.3 is 24.8 Å². The SMILES string of the molecule is Cc1cc2c(CNC(=O)[C@H](C)CO)c3c(nc2cc1F)-c1cc2c(c(=O)n1C3)COC(=O)[C@]2(O)CC1CC1. The van der Waals surface area contributed by atoms with Crippen molar-refractivity contribution in [1.82, 2.24) is 14.9 Å². The number of aliphatic hydroxyl groups is 2. The summed E-state index contributed by atoms with van der Waals surface area (Å²) in [6.07, 6.45) is 1.99. The number of esters is 1. The molecule has 4 heterocycles. The first-order valence-electron chi connectivity index (χ1n) is 12.8. The number of pyridine rings is 2. The van der Waals surface area contributed by atoms with E-state index in [1.165, 1.54) is 10.6 Å². The van der Waals surface area contributed by atoms with Crippen LogP contribution in [0.3, 0.4) is 0 Å². The highest BCUT2D eigenvalue weighted by Gasteiger charge is 2.49. The number of benzene rings is 1. The number of carbonyl (C=O) groups excluding carboxylic acids is 2. The zero-order chi connectivity index (χ0) is 26.9. The van der Waals surface area contributed by atoms with Gasteiger partial charge in [0.2, 0.25) is 5.91 Å². The molecule has 3 aliphatic rings. The van der Waals surface area contributed by atoms with Gasteiger partial charge in [0.1, 0.15) is 12.4 Å². The van der Waals surface area contributed by atoms with Crippen molar-refractivity contribution < 1.29 is 28.9 Å². The molecule has 2 aromatic heterocycles. The van der Waals surface area contributed by atoms with Gasteiger partial charge in [-0.25, -0.2) is 14.2 Å². The summed E-state index contributed by atoms with van der Waals surface area (Å²) in [5.74, 6) is -1.95. The van der Waals surface area contributed by atoms with Gasteiger partial charge in [-0.3, -0.25) is 9.59 Å². The standard InChI is InChI=1S/C28H28FN3O6/c1-13-5-16-17(9-30-25(34)14(2)11-33)18-10-32-23(24(18)31-22(16)7-21(13)29)6-20-19(26(32)35)12-38-27(36)28(20,37)8-15-3-4-15/h5-7,14-15,33,37H,3-4,8-12H2,1-2H3,(H,30,34)/t14-,28+/m1/s1. The first-order chi connectivity index (χ1) is 18.1. The number of hydrogen-bond donors (Lipinski definition) is 3. The molecule has 198 valence electrons. The van der Waals surface area contributed by atoms with Gasteiger partial charge in [-0.15, -0.1) is 0 Å². The molecule has 0 radical (unpaired) electrons. The molecule has 0 unspecified atom stereocenters. The normalized spacial score (nSPS) is 20.5. The Bertz CT molecular complexity index is 1590. The number of nitrogens with one attached hydrogen (secondary N) is 1. The molecule has 0 spiro atoms. The van der Waals surface area contributed by atoms with Crippen molar-refractivity contribution in [3.05, 3.63) is 62.2 Å². The van der Waals surface area contributed by atoms with Crippen LogP contribution >= 0.6 is 0 Å². The van der Waals surface area contributed by atoms with E-state index in [-0.39, 0.29) is 61.2 Å². The molecule has 10 heteroatoms. The molecule has 6 rings (SSSR count). The number of halogens is 1. The van der Waals surface area contributed by atoms with E-state index in [2.05, 4.69) is 5.32 Å². The number of rotatable bonds is 6. The fraction of sp³-hybridized carbons (Fsp3) is 0.429. The summed E-state index contributed by atoms with van der Waals surface area (Å²) in [5, 5.41) is 24.3. The molecule has 1 aromatic carbocycles. The van der Waals surface area contributed by atoms with Gasteiger partial charge in [0.15, 0.2) is 5.60 Å². The maximum atomic E-state index is 14.6. The highest BCUT2D eigenvalue weighted by Crippen LogP contribution is 2.45. The van der Waals surface area contributed by atoms with Crippen LogP contribution in [0, 0.1) is 24.6 Å². The van der Waals surface area contributed by atoms with Crippen LogP contribution < -0.4 is 10.9 Å². The topological polar surface area (TPSA) is 131 Å². The van der Waals surface area contributed by atoms with Crippen molar-refractivity contribution in [3.63, 3.8) is 0 Å². The summed E-state index contributed by atoms with van der Waals surface area (Å²) in [6.45, 7) is 2.97. The lowest BCUT2D eigenvalue weighted by Crippen LogP contribution is -2.45. The Balaban J connectivity index is 1.54. The Hall–Kier alpha value is -3.63. The number of aromatic nitrogens is 2. The van der Waals surface area contributed by atoms with Gasteiger partial charge in [0, 0.05) is 29.1 Å². The first-order valence-corrected chi connectivity index (χ1v) is 12.8. The van der Waals surface area contributed by atoms with Crippen LogP contribution in [0.15, 0.2) is 23.0 Å². The molecule has 1 saturated carbocycles. The first kappa shape index (κ1) is 24.7. The number of fused-ring (bicyclic) bond motifs is 5. The average Bonchev–Trinajstić information content (AvgIpc) is 3.63. The lowest BCUT2D eigenvalue weighted by Gasteiger charge is -2.32. The van der Waals surface area contributed by atoms with Crippen LogP contribution in [0.4, 0.5) is 4.39 Å². The maximum absolute atomic E-state index is 14.6. The van der Waals surface area contributed by atoms with Gasteiger partial charge >= 0.3 is 5.97 Å². The monoisotopic (exact) mass is 521 g/mol. The Morgan fingerprint density at radius 1 is 1.29 bits per heavy atom. The lowest BCUT2D eigenvalue weighted by molar-refractivity contribution is -0.173. The van der Waals surface area contributed by atoms with Crippen LogP contribution in [0.25, 0.3) is 22.3 Å². The van der Waals surface area contributed by atoms with Gasteiger partial charge in [0.05, 0.1) is 41.5 Å². The number of aryl methyl sites for hydroxylation is 1. The molecule has 0 bridgehead atoms. The van der Waals surface area contributed by atoms with Crippen LogP contribution in [0.1, 0.15) is 54.0 Å². The average molecular weight is 522 g/mol. The number of nitrogens with zero attached hydrogens (tertiary/aromatic N) is 2. The minimum atomic E-state index is -1.91. The summed E-state index contributed by atoms with van der Waals surface area (Å²) in [7, 11) is 0. The molecule has 2 aliphatic heterocycles. The van der Waals surface area contributed by atoms with E-state index in [0.29, 0.717) is 39.0 Å². The summed E-state index contributed by atoms with van der Waals surface area (Å²) in [5.41, 5.74) is 1.20. The second-order valence-corrected chi connectivity index (χ2v) is 10.7. The second kappa shape index (κ2) is 8.71. The molecule has 2 atom stereocenters. The fourth-order valence-electron chi connectivity index (χ4n) is 5.52. The van der Waals surface area contributed by atoms with Crippen molar-refractivity contribution in [1.29, 1.82) is 0 Å². The summed E-state index contributed by atoms with van der Waals surface area (Å²) >= 11 is 0. The summed E-state index contributed by atoms with van der Waals surface area (Å²) < 4.78 is 21.4. The second-order valence-electron chi connectivity index (χ2n) is 10.7. The van der Waals surface area contributed by atoms with Gasteiger partial charge in [-0.1, -0.05) is 19.8 Å². The number of hydrogen-bond acceptors (Lipinski definition) is 7. The van der Waals surface area contributed by atoms with Crippen molar-refractivity contribution in [3.8, 4) is 11.4 Å². The molecular weight excluding hydrogens is 493 g/mol. The van der Waals surface area contributed by atoms with Crippen molar-refractivity contribution in [2.75, 3.05) is 6.61 Å². The third kappa shape index (κ3) is 3.73. The fourth-order valence-corrected chi connectivity index (χ4v) is 5.52. The quantitative estimate of drug-likeness (QED) is 0.332. The van der Waals surface area contributed by atoms with Crippen molar-refractivity contribution >= 4 is 22.8 Å². The van der Waals surface area contributed by atoms with E-state index in [0.717, 1.165) is 12.8 Å². The van der Waals surface area contributed by atoms with Gasteiger partial charge in [0.25, 0.3) is 5.56 Å². The minimum absolute atomic E-state index is 0.0886. The number of carbonyl (C=O) groups is 2. The maximum Gasteiger partial charge on any atom is 0.343 e. The predicted molar refractivity (Wildman–Crippen MR) is 134 cm³/mol. The summed E-state index contributed by atoms with van der Waals surface area (Å²) in [6, 6.07) is 4.64. The zero-order valence-electron chi connectivity index (χ0n) is 21.1. The minimum Gasteiger partial charge on any atom is -0.458 e. The Morgan fingerprint density at radius 3 is 2.76 bits per heavy atom. The van der Waals surface area contributed by atoms with Crippen LogP contribution in [-0.2, 0) is 39.6 Å². The molecule has 1 aliphatic carbocycles. The Labute approximate surface area is 217 Å². The Morgan fingerprint density at radius 2 is 2.05 bits per heavy atom. The van der Waals surface area contributed by atoms with E-state index in [1.54, 1.807) is 26.0 Å². The van der Waals surface area contributed by atoms with Gasteiger partial charge in [-0.05, 0) is 42.5 Å². The van der Waals surface area contributed by atoms with E-state index >= 15 is 0 Å². The number of ether oxygens (including phenoxy) is 1. The lowest BCUT2D eigenvalue weighted by atomic mass is 9.84. The number of cyclic esters (lactones) is 1. The predicted octanol–water partition coefficient (Wildman–Crippen LogP) is 2.16. The van der Waals surface area contributed by atoms with Crippen LogP contribution in [0.5, 0.6) is 0 Å². The largest absolute Gasteiger partial charge is 0.458 e. The third-order valence-corrected chi connectivity index (χ3v) is 8.02. The van der Waals surface area contributed by atoms with E-state index in [9.17, 15) is 29.0 Å². The molecular formula is C28H28FN3O6. The smallest absolute Gasteiger partial charge is 0.343 e. The van der Waals surface area contributed by atoms with Crippen molar-refractivity contribution in [2.45, 2.75) is 58.4 Å². The Kier molecular flexibility index (Phi) is 5.66. The van der Waals surface area contributed by atoms with Crippen LogP contribution in [0.2, 0.25) is 0 Å². The molecule has 3 N–H and O–H groups in total. The molecule has 1 fully saturated rings. The molecule has 3 aromatic rings. The number of aliphatic hydroxyl groups excluding tert-OH is 1. The summed E-state index contributed by atoms with van der Waals surface area (Å²) in [4.78, 5) is 43.6. The van der Waals surface area contributed by atoms with Gasteiger partial charge in [-0.2, -0.15) is 0 Å². The van der Waals surface area contributed by atoms with E-state index < -0.39 is 23.3 Å². The molecule has 0 saturated heterocycles. The van der Waals surface area contributed by atoms with Crippen molar-refractivity contribution in [2.24, 2.45) is 11.8 Å². The highest BCUT2D eigenvalue weighted by molar-refractivity contribution is 5.90.